The first-order valence-corrected chi connectivity index (χ1v) is 6.58. The number of nitrogens with two attached hydrogens (primary N) is 1. The number of aryl methyl sites for hydroxylation is 1. The summed E-state index contributed by atoms with van der Waals surface area (Å²) in [5.41, 5.74) is 8.11. The Labute approximate surface area is 123 Å². The predicted octanol–water partition coefficient (Wildman–Crippen LogP) is 1.46. The van der Waals surface area contributed by atoms with Crippen LogP contribution < -0.4 is 16.0 Å². The third-order valence-corrected chi connectivity index (χ3v) is 3.14. The summed E-state index contributed by atoms with van der Waals surface area (Å²) in [5, 5.41) is 4.35. The van der Waals surface area contributed by atoms with E-state index in [1.807, 2.05) is 25.1 Å². The summed E-state index contributed by atoms with van der Waals surface area (Å²) in [4.78, 5) is 12.0. The van der Waals surface area contributed by atoms with Crippen molar-refractivity contribution in [2.24, 2.45) is 0 Å². The van der Waals surface area contributed by atoms with E-state index in [1.165, 1.54) is 4.68 Å². The molecule has 6 nitrogen and oxygen atoms in total. The van der Waals surface area contributed by atoms with Crippen molar-refractivity contribution < 1.29 is 9.47 Å². The first-order chi connectivity index (χ1) is 10.1. The topological polar surface area (TPSA) is 79.4 Å². The summed E-state index contributed by atoms with van der Waals surface area (Å²) in [5.74, 6) is 0.685. The molecule has 0 radical (unpaired) electrons. The molecular weight excluding hydrogens is 270 g/mol. The molecule has 0 aliphatic carbocycles. The van der Waals surface area contributed by atoms with Crippen LogP contribution in [-0.2, 0) is 11.3 Å². The fraction of sp³-hybridized carbons (Fsp3) is 0.333. The summed E-state index contributed by atoms with van der Waals surface area (Å²) < 4.78 is 11.7. The van der Waals surface area contributed by atoms with Crippen LogP contribution in [0.25, 0.3) is 11.3 Å². The van der Waals surface area contributed by atoms with Gasteiger partial charge in [0.15, 0.2) is 0 Å². The number of rotatable bonds is 5. The summed E-state index contributed by atoms with van der Waals surface area (Å²) in [7, 11) is 3.17. The van der Waals surface area contributed by atoms with Gasteiger partial charge in [-0.25, -0.2) is 4.68 Å². The minimum absolute atomic E-state index is 0.152. The fourth-order valence-electron chi connectivity index (χ4n) is 2.05. The Morgan fingerprint density at radius 2 is 2.05 bits per heavy atom. The van der Waals surface area contributed by atoms with Crippen molar-refractivity contribution in [3.05, 3.63) is 40.2 Å². The number of nitrogens with zero attached hydrogens (tertiary/aromatic N) is 2. The normalized spacial score (nSPS) is 10.6. The summed E-state index contributed by atoms with van der Waals surface area (Å²) >= 11 is 0. The maximum atomic E-state index is 12.0. The standard InChI is InChI=1S/C15H19N3O3/c1-10-4-5-14(21-3)11(8-10)13-9-12(16)15(19)18(17-13)6-7-20-2/h4-5,8-9H,6-7,16H2,1-3H3. The second-order valence-corrected chi connectivity index (χ2v) is 4.71. The molecule has 112 valence electrons. The summed E-state index contributed by atoms with van der Waals surface area (Å²) in [6.07, 6.45) is 0. The number of nitrogen functional groups attached to an aromatic ring is 1. The van der Waals surface area contributed by atoms with Crippen LogP contribution in [0.1, 0.15) is 5.56 Å². The second kappa shape index (κ2) is 6.41. The van der Waals surface area contributed by atoms with Crippen molar-refractivity contribution in [2.75, 3.05) is 26.6 Å². The monoisotopic (exact) mass is 289 g/mol. The number of hydrogen-bond donors (Lipinski definition) is 1. The summed E-state index contributed by atoms with van der Waals surface area (Å²) in [6, 6.07) is 7.34. The van der Waals surface area contributed by atoms with Crippen LogP contribution in [0.5, 0.6) is 5.75 Å². The second-order valence-electron chi connectivity index (χ2n) is 4.71. The van der Waals surface area contributed by atoms with Gasteiger partial charge in [0.05, 0.1) is 26.0 Å². The molecule has 1 aromatic carbocycles. The molecule has 0 saturated carbocycles. The van der Waals surface area contributed by atoms with Crippen LogP contribution in [0.4, 0.5) is 5.69 Å². The average Bonchev–Trinajstić information content (AvgIpc) is 2.48. The van der Waals surface area contributed by atoms with E-state index >= 15 is 0 Å². The van der Waals surface area contributed by atoms with Crippen molar-refractivity contribution in [2.45, 2.75) is 13.5 Å². The molecule has 0 amide bonds. The molecule has 2 rings (SSSR count). The van der Waals surface area contributed by atoms with Crippen LogP contribution >= 0.6 is 0 Å². The van der Waals surface area contributed by atoms with Gasteiger partial charge in [-0.05, 0) is 25.1 Å². The number of ether oxygens (including phenoxy) is 2. The van der Waals surface area contributed by atoms with Gasteiger partial charge in [0.2, 0.25) is 0 Å². The molecule has 0 fully saturated rings. The van der Waals surface area contributed by atoms with Crippen molar-refractivity contribution in [3.8, 4) is 17.0 Å². The zero-order chi connectivity index (χ0) is 15.4. The number of hydrogen-bond acceptors (Lipinski definition) is 5. The van der Waals surface area contributed by atoms with E-state index in [1.54, 1.807) is 20.3 Å². The van der Waals surface area contributed by atoms with E-state index in [0.717, 1.165) is 11.1 Å². The zero-order valence-corrected chi connectivity index (χ0v) is 12.4. The SMILES string of the molecule is COCCn1nc(-c2cc(C)ccc2OC)cc(N)c1=O. The Hall–Kier alpha value is -2.34. The Bertz CT molecular complexity index is 695. The van der Waals surface area contributed by atoms with Crippen molar-refractivity contribution in [1.82, 2.24) is 9.78 Å². The number of anilines is 1. The van der Waals surface area contributed by atoms with Gasteiger partial charge in [-0.15, -0.1) is 0 Å². The van der Waals surface area contributed by atoms with Gasteiger partial charge in [-0.3, -0.25) is 4.79 Å². The molecular formula is C15H19N3O3. The minimum atomic E-state index is -0.317. The Morgan fingerprint density at radius 1 is 1.29 bits per heavy atom. The van der Waals surface area contributed by atoms with Crippen molar-refractivity contribution >= 4 is 5.69 Å². The van der Waals surface area contributed by atoms with Gasteiger partial charge in [-0.2, -0.15) is 5.10 Å². The highest BCUT2D eigenvalue weighted by Crippen LogP contribution is 2.29. The highest BCUT2D eigenvalue weighted by Gasteiger charge is 2.12. The molecule has 0 unspecified atom stereocenters. The highest BCUT2D eigenvalue weighted by molar-refractivity contribution is 5.69. The Morgan fingerprint density at radius 3 is 2.71 bits per heavy atom. The molecule has 0 aliphatic heterocycles. The van der Waals surface area contributed by atoms with Gasteiger partial charge < -0.3 is 15.2 Å². The number of methoxy groups -OCH3 is 2. The maximum Gasteiger partial charge on any atom is 0.289 e. The van der Waals surface area contributed by atoms with Crippen LogP contribution in [0.3, 0.4) is 0 Å². The molecule has 6 heteroatoms. The van der Waals surface area contributed by atoms with Crippen LogP contribution in [-0.4, -0.2) is 30.6 Å². The van der Waals surface area contributed by atoms with E-state index < -0.39 is 0 Å². The van der Waals surface area contributed by atoms with E-state index in [-0.39, 0.29) is 11.2 Å². The Balaban J connectivity index is 2.56. The lowest BCUT2D eigenvalue weighted by Crippen LogP contribution is -2.27. The van der Waals surface area contributed by atoms with Crippen LogP contribution in [0.15, 0.2) is 29.1 Å². The molecule has 2 N–H and O–H groups in total. The minimum Gasteiger partial charge on any atom is -0.496 e. The summed E-state index contributed by atoms with van der Waals surface area (Å²) in [6.45, 7) is 2.72. The Kier molecular flexibility index (Phi) is 4.59. The van der Waals surface area contributed by atoms with E-state index in [9.17, 15) is 4.79 Å². The molecule has 0 spiro atoms. The number of aromatic nitrogens is 2. The number of benzene rings is 1. The maximum absolute atomic E-state index is 12.0. The quantitative estimate of drug-likeness (QED) is 0.901. The lowest BCUT2D eigenvalue weighted by molar-refractivity contribution is 0.182. The van der Waals surface area contributed by atoms with Gasteiger partial charge in [0.25, 0.3) is 5.56 Å². The zero-order valence-electron chi connectivity index (χ0n) is 12.4. The highest BCUT2D eigenvalue weighted by atomic mass is 16.5. The van der Waals surface area contributed by atoms with Gasteiger partial charge in [-0.1, -0.05) is 11.6 Å². The first kappa shape index (κ1) is 15.1. The smallest absolute Gasteiger partial charge is 0.289 e. The molecule has 2 aromatic rings. The molecule has 0 bridgehead atoms. The molecule has 21 heavy (non-hydrogen) atoms. The molecule has 1 heterocycles. The van der Waals surface area contributed by atoms with E-state index in [0.29, 0.717) is 24.6 Å². The molecule has 0 saturated heterocycles. The van der Waals surface area contributed by atoms with Crippen molar-refractivity contribution in [1.29, 1.82) is 0 Å². The third-order valence-electron chi connectivity index (χ3n) is 3.14. The van der Waals surface area contributed by atoms with E-state index in [2.05, 4.69) is 5.10 Å². The first-order valence-electron chi connectivity index (χ1n) is 6.58. The van der Waals surface area contributed by atoms with Gasteiger partial charge in [0.1, 0.15) is 11.4 Å². The average molecular weight is 289 g/mol. The van der Waals surface area contributed by atoms with Crippen LogP contribution in [0, 0.1) is 6.92 Å². The largest absolute Gasteiger partial charge is 0.496 e. The predicted molar refractivity (Wildman–Crippen MR) is 81.5 cm³/mol. The van der Waals surface area contributed by atoms with Crippen molar-refractivity contribution in [3.63, 3.8) is 0 Å². The fourth-order valence-corrected chi connectivity index (χ4v) is 2.05. The molecule has 0 aliphatic rings. The molecule has 1 aromatic heterocycles. The van der Waals surface area contributed by atoms with Crippen LogP contribution in [0.2, 0.25) is 0 Å². The van der Waals surface area contributed by atoms with Gasteiger partial charge in [0, 0.05) is 12.7 Å². The van der Waals surface area contributed by atoms with Gasteiger partial charge >= 0.3 is 0 Å². The third kappa shape index (κ3) is 3.22. The van der Waals surface area contributed by atoms with E-state index in [4.69, 9.17) is 15.2 Å². The lowest BCUT2D eigenvalue weighted by atomic mass is 10.1. The lowest BCUT2D eigenvalue weighted by Gasteiger charge is -2.12. The molecule has 0 atom stereocenters.